The van der Waals surface area contributed by atoms with Gasteiger partial charge >= 0.3 is 0 Å². The smallest absolute Gasteiger partial charge is 0.231 e. The van der Waals surface area contributed by atoms with Gasteiger partial charge in [0.15, 0.2) is 0 Å². The van der Waals surface area contributed by atoms with Crippen LogP contribution in [0.5, 0.6) is 0 Å². The minimum Gasteiger partial charge on any atom is -0.369 e. The summed E-state index contributed by atoms with van der Waals surface area (Å²) in [7, 11) is 0. The highest BCUT2D eigenvalue weighted by Crippen LogP contribution is 2.22. The number of hydrogen-bond donors (Lipinski definition) is 2. The zero-order valence-electron chi connectivity index (χ0n) is 9.83. The Morgan fingerprint density at radius 3 is 2.16 bits per heavy atom. The lowest BCUT2D eigenvalue weighted by Gasteiger charge is -2.19. The van der Waals surface area contributed by atoms with Crippen LogP contribution >= 0.6 is 15.9 Å². The summed E-state index contributed by atoms with van der Waals surface area (Å²) in [6.45, 7) is -0.939. The molecule has 0 saturated heterocycles. The Hall–Kier alpha value is -1.54. The van der Waals surface area contributed by atoms with Gasteiger partial charge in [0.05, 0.1) is 17.6 Å². The highest BCUT2D eigenvalue weighted by molar-refractivity contribution is 9.10. The lowest BCUT2D eigenvalue weighted by molar-refractivity contribution is -0.122. The van der Waals surface area contributed by atoms with E-state index in [1.54, 1.807) is 0 Å². The van der Waals surface area contributed by atoms with E-state index in [0.29, 0.717) is 0 Å². The van der Waals surface area contributed by atoms with Gasteiger partial charge in [-0.15, -0.1) is 0 Å². The molecule has 1 aromatic rings. The van der Waals surface area contributed by atoms with Crippen LogP contribution in [-0.2, 0) is 16.1 Å². The van der Waals surface area contributed by atoms with Crippen molar-refractivity contribution < 1.29 is 18.4 Å². The Morgan fingerprint density at radius 1 is 1.16 bits per heavy atom. The number of carbonyl (C=O) groups is 2. The van der Waals surface area contributed by atoms with E-state index in [-0.39, 0.29) is 29.7 Å². The Bertz CT molecular complexity index is 495. The number of halogens is 3. The zero-order chi connectivity index (χ0) is 14.6. The topological polar surface area (TPSA) is 89.4 Å². The third-order valence-corrected chi connectivity index (χ3v) is 2.89. The molecule has 0 aliphatic heterocycles. The molecule has 0 aliphatic carbocycles. The van der Waals surface area contributed by atoms with Gasteiger partial charge in [0.2, 0.25) is 11.8 Å². The van der Waals surface area contributed by atoms with Gasteiger partial charge < -0.3 is 11.5 Å². The normalized spacial score (nSPS) is 10.7. The van der Waals surface area contributed by atoms with E-state index in [4.69, 9.17) is 11.5 Å². The van der Waals surface area contributed by atoms with E-state index in [2.05, 4.69) is 15.9 Å². The first kappa shape index (κ1) is 15.5. The summed E-state index contributed by atoms with van der Waals surface area (Å²) in [6, 6.07) is 2.30. The van der Waals surface area contributed by atoms with Crippen molar-refractivity contribution in [2.24, 2.45) is 11.5 Å². The van der Waals surface area contributed by atoms with Crippen molar-refractivity contribution in [2.75, 3.05) is 13.1 Å². The van der Waals surface area contributed by atoms with Crippen LogP contribution in [0.25, 0.3) is 0 Å². The molecule has 0 bridgehead atoms. The predicted octanol–water partition coefficient (Wildman–Crippen LogP) is 0.500. The first-order valence-corrected chi connectivity index (χ1v) is 6.02. The van der Waals surface area contributed by atoms with E-state index in [0.717, 1.165) is 6.07 Å². The van der Waals surface area contributed by atoms with Crippen molar-refractivity contribution >= 4 is 27.7 Å². The molecule has 0 unspecified atom stereocenters. The molecule has 0 fully saturated rings. The maximum atomic E-state index is 13.8. The van der Waals surface area contributed by atoms with Crippen molar-refractivity contribution in [3.8, 4) is 0 Å². The molecule has 0 aromatic heterocycles. The van der Waals surface area contributed by atoms with Gasteiger partial charge in [-0.2, -0.15) is 0 Å². The van der Waals surface area contributed by atoms with E-state index >= 15 is 0 Å². The van der Waals surface area contributed by atoms with Crippen LogP contribution in [-0.4, -0.2) is 29.8 Å². The summed E-state index contributed by atoms with van der Waals surface area (Å²) in [5.41, 5.74) is 9.73. The highest BCUT2D eigenvalue weighted by atomic mass is 79.9. The number of nitrogens with two attached hydrogens (primary N) is 2. The number of hydrogen-bond acceptors (Lipinski definition) is 3. The molecule has 2 amide bonds. The van der Waals surface area contributed by atoms with Gasteiger partial charge in [-0.25, -0.2) is 8.78 Å². The van der Waals surface area contributed by atoms with Crippen LogP contribution in [0.2, 0.25) is 0 Å². The summed E-state index contributed by atoms with van der Waals surface area (Å²) < 4.78 is 27.4. The molecule has 4 N–H and O–H groups in total. The second-order valence-corrected chi connectivity index (χ2v) is 4.75. The minimum atomic E-state index is -0.793. The van der Waals surface area contributed by atoms with E-state index in [1.165, 1.54) is 11.0 Å². The SMILES string of the molecule is NC(=O)CN(CC(N)=O)Cc1c(F)ccc(Br)c1F. The van der Waals surface area contributed by atoms with Crippen LogP contribution in [0, 0.1) is 11.6 Å². The first-order valence-electron chi connectivity index (χ1n) is 5.22. The lowest BCUT2D eigenvalue weighted by atomic mass is 10.2. The maximum Gasteiger partial charge on any atom is 0.231 e. The Balaban J connectivity index is 2.98. The summed E-state index contributed by atoms with van der Waals surface area (Å²) in [5.74, 6) is -3.02. The van der Waals surface area contributed by atoms with Gasteiger partial charge in [-0.05, 0) is 28.1 Å². The van der Waals surface area contributed by atoms with Crippen LogP contribution in [0.15, 0.2) is 16.6 Å². The molecule has 8 heteroatoms. The number of nitrogens with zero attached hydrogens (tertiary/aromatic N) is 1. The van der Waals surface area contributed by atoms with Crippen molar-refractivity contribution in [1.29, 1.82) is 0 Å². The molecule has 0 radical (unpaired) electrons. The molecular formula is C11H12BrF2N3O2. The largest absolute Gasteiger partial charge is 0.369 e. The predicted molar refractivity (Wildman–Crippen MR) is 67.7 cm³/mol. The molecule has 1 rings (SSSR count). The Kier molecular flexibility index (Phi) is 5.37. The van der Waals surface area contributed by atoms with Gasteiger partial charge in [0, 0.05) is 12.1 Å². The fourth-order valence-electron chi connectivity index (χ4n) is 1.55. The fraction of sp³-hybridized carbons (Fsp3) is 0.273. The van der Waals surface area contributed by atoms with Crippen molar-refractivity contribution in [3.05, 3.63) is 33.8 Å². The van der Waals surface area contributed by atoms with Gasteiger partial charge in [0.25, 0.3) is 0 Å². The van der Waals surface area contributed by atoms with E-state index in [1.807, 2.05) is 0 Å². The molecule has 19 heavy (non-hydrogen) atoms. The molecule has 0 saturated carbocycles. The Morgan fingerprint density at radius 2 is 1.68 bits per heavy atom. The number of carbonyl (C=O) groups excluding carboxylic acids is 2. The van der Waals surface area contributed by atoms with Crippen molar-refractivity contribution in [3.63, 3.8) is 0 Å². The molecule has 0 spiro atoms. The third kappa shape index (κ3) is 4.56. The standard InChI is InChI=1S/C11H12BrF2N3O2/c12-7-1-2-8(13)6(11(7)14)3-17(4-9(15)18)5-10(16)19/h1-2H,3-5H2,(H2,15,18)(H2,16,19). The number of benzene rings is 1. The van der Waals surface area contributed by atoms with E-state index < -0.39 is 23.4 Å². The highest BCUT2D eigenvalue weighted by Gasteiger charge is 2.18. The van der Waals surface area contributed by atoms with Crippen LogP contribution in [0.4, 0.5) is 8.78 Å². The fourth-order valence-corrected chi connectivity index (χ4v) is 1.92. The average Bonchev–Trinajstić information content (AvgIpc) is 2.28. The monoisotopic (exact) mass is 335 g/mol. The van der Waals surface area contributed by atoms with Crippen LogP contribution in [0.3, 0.4) is 0 Å². The third-order valence-electron chi connectivity index (χ3n) is 2.28. The van der Waals surface area contributed by atoms with Crippen molar-refractivity contribution in [1.82, 2.24) is 4.90 Å². The zero-order valence-corrected chi connectivity index (χ0v) is 11.4. The van der Waals surface area contributed by atoms with Crippen molar-refractivity contribution in [2.45, 2.75) is 6.54 Å². The second kappa shape index (κ2) is 6.58. The number of rotatable bonds is 6. The molecule has 0 atom stereocenters. The summed E-state index contributed by atoms with van der Waals surface area (Å²) >= 11 is 2.93. The molecule has 104 valence electrons. The minimum absolute atomic E-state index is 0.0852. The molecule has 5 nitrogen and oxygen atoms in total. The maximum absolute atomic E-state index is 13.8. The molecular weight excluding hydrogens is 324 g/mol. The average molecular weight is 336 g/mol. The second-order valence-electron chi connectivity index (χ2n) is 3.90. The number of primary amides is 2. The molecule has 0 aliphatic rings. The number of amides is 2. The summed E-state index contributed by atoms with van der Waals surface area (Å²) in [4.78, 5) is 22.9. The molecule has 1 aromatic carbocycles. The van der Waals surface area contributed by atoms with Gasteiger partial charge in [0.1, 0.15) is 11.6 Å². The summed E-state index contributed by atoms with van der Waals surface area (Å²) in [6.07, 6.45) is 0. The first-order chi connectivity index (χ1) is 8.81. The van der Waals surface area contributed by atoms with Crippen LogP contribution in [0.1, 0.15) is 5.56 Å². The van der Waals surface area contributed by atoms with Gasteiger partial charge in [-0.3, -0.25) is 14.5 Å². The van der Waals surface area contributed by atoms with Gasteiger partial charge in [-0.1, -0.05) is 0 Å². The van der Waals surface area contributed by atoms with Crippen LogP contribution < -0.4 is 11.5 Å². The Labute approximate surface area is 116 Å². The quantitative estimate of drug-likeness (QED) is 0.742. The molecule has 0 heterocycles. The summed E-state index contributed by atoms with van der Waals surface area (Å²) in [5, 5.41) is 0. The van der Waals surface area contributed by atoms with E-state index in [9.17, 15) is 18.4 Å². The lowest BCUT2D eigenvalue weighted by Crippen LogP contribution is -2.39.